The fraction of sp³-hybridized carbons (Fsp3) is 0.316. The second-order valence-electron chi connectivity index (χ2n) is 5.60. The average Bonchev–Trinajstić information content (AvgIpc) is 3.04. The third-order valence-corrected chi connectivity index (χ3v) is 5.34. The minimum absolute atomic E-state index is 0.0616. The van der Waals surface area contributed by atoms with Gasteiger partial charge in [0.25, 0.3) is 0 Å². The molecule has 5 heteroatoms. The van der Waals surface area contributed by atoms with Gasteiger partial charge in [-0.3, -0.25) is 4.79 Å². The molecule has 1 unspecified atom stereocenters. The van der Waals surface area contributed by atoms with Crippen molar-refractivity contribution in [3.63, 3.8) is 0 Å². The Kier molecular flexibility index (Phi) is 5.64. The quantitative estimate of drug-likeness (QED) is 0.787. The Morgan fingerprint density at radius 1 is 1.29 bits per heavy atom. The Bertz CT molecular complexity index is 679. The molecule has 0 spiro atoms. The molecule has 1 aliphatic heterocycles. The van der Waals surface area contributed by atoms with E-state index in [1.165, 1.54) is 0 Å². The lowest BCUT2D eigenvalue weighted by Crippen LogP contribution is -2.31. The van der Waals surface area contributed by atoms with Crippen molar-refractivity contribution in [1.82, 2.24) is 4.90 Å². The summed E-state index contributed by atoms with van der Waals surface area (Å²) >= 11 is 1.86. The molecule has 1 amide bonds. The molecule has 1 fully saturated rings. The Labute approximate surface area is 146 Å². The van der Waals surface area contributed by atoms with Crippen molar-refractivity contribution in [3.8, 4) is 5.75 Å². The largest absolute Gasteiger partial charge is 0.497 e. The maximum Gasteiger partial charge on any atom is 0.246 e. The molecule has 1 saturated heterocycles. The molecule has 0 N–H and O–H groups in total. The van der Waals surface area contributed by atoms with Gasteiger partial charge in [0.15, 0.2) is 0 Å². The lowest BCUT2D eigenvalue weighted by atomic mass is 10.2. The molecule has 24 heavy (non-hydrogen) atoms. The fourth-order valence-electron chi connectivity index (χ4n) is 2.68. The Balaban J connectivity index is 1.57. The van der Waals surface area contributed by atoms with Gasteiger partial charge in [-0.15, -0.1) is 11.8 Å². The van der Waals surface area contributed by atoms with E-state index >= 15 is 0 Å². The molecule has 1 aliphatic rings. The van der Waals surface area contributed by atoms with Crippen LogP contribution >= 0.6 is 11.8 Å². The van der Waals surface area contributed by atoms with Crippen LogP contribution in [-0.2, 0) is 4.79 Å². The highest BCUT2D eigenvalue weighted by Crippen LogP contribution is 2.34. The van der Waals surface area contributed by atoms with Crippen LogP contribution in [0.1, 0.15) is 23.0 Å². The van der Waals surface area contributed by atoms with Crippen molar-refractivity contribution in [1.29, 1.82) is 0 Å². The summed E-state index contributed by atoms with van der Waals surface area (Å²) in [4.78, 5) is 14.3. The number of rotatable bonds is 4. The Hall–Kier alpha value is -2.14. The summed E-state index contributed by atoms with van der Waals surface area (Å²) in [6.45, 7) is 1.53. The van der Waals surface area contributed by atoms with Crippen molar-refractivity contribution >= 4 is 23.7 Å². The number of nitrogens with zero attached hydrogens (tertiary/aromatic N) is 1. The van der Waals surface area contributed by atoms with Crippen molar-refractivity contribution < 1.29 is 13.9 Å². The molecule has 1 atom stereocenters. The topological polar surface area (TPSA) is 42.7 Å². The molecule has 0 radical (unpaired) electrons. The number of carbonyl (C=O) groups is 1. The van der Waals surface area contributed by atoms with E-state index in [1.807, 2.05) is 59.1 Å². The molecule has 2 aromatic rings. The first-order chi connectivity index (χ1) is 11.8. The zero-order valence-corrected chi connectivity index (χ0v) is 14.5. The van der Waals surface area contributed by atoms with Crippen LogP contribution in [0.3, 0.4) is 0 Å². The minimum Gasteiger partial charge on any atom is -0.497 e. The van der Waals surface area contributed by atoms with Crippen LogP contribution in [-0.4, -0.2) is 36.8 Å². The SMILES string of the molecule is COc1ccc(/C=C/C(=O)N2CCSC(c3ccco3)CC2)cc1. The van der Waals surface area contributed by atoms with E-state index in [-0.39, 0.29) is 5.91 Å². The first kappa shape index (κ1) is 16.7. The Morgan fingerprint density at radius 2 is 2.12 bits per heavy atom. The smallest absolute Gasteiger partial charge is 0.246 e. The number of ether oxygens (including phenoxy) is 1. The van der Waals surface area contributed by atoms with Gasteiger partial charge < -0.3 is 14.1 Å². The van der Waals surface area contributed by atoms with Gasteiger partial charge in [0.2, 0.25) is 5.91 Å². The van der Waals surface area contributed by atoms with Crippen molar-refractivity contribution in [2.24, 2.45) is 0 Å². The maximum absolute atomic E-state index is 12.4. The fourth-order valence-corrected chi connectivity index (χ4v) is 3.86. The summed E-state index contributed by atoms with van der Waals surface area (Å²) in [6, 6.07) is 11.6. The minimum atomic E-state index is 0.0616. The second kappa shape index (κ2) is 8.11. The van der Waals surface area contributed by atoms with Gasteiger partial charge in [-0.1, -0.05) is 12.1 Å². The molecule has 126 valence electrons. The van der Waals surface area contributed by atoms with Crippen molar-refractivity contribution in [2.75, 3.05) is 26.0 Å². The summed E-state index contributed by atoms with van der Waals surface area (Å²) in [5, 5.41) is 0.336. The molecular formula is C19H21NO3S. The summed E-state index contributed by atoms with van der Waals surface area (Å²) in [5.41, 5.74) is 0.988. The number of thioether (sulfide) groups is 1. The molecule has 0 aliphatic carbocycles. The first-order valence-corrected chi connectivity index (χ1v) is 9.07. The number of benzene rings is 1. The predicted octanol–water partition coefficient (Wildman–Crippen LogP) is 4.01. The van der Waals surface area contributed by atoms with E-state index in [4.69, 9.17) is 9.15 Å². The lowest BCUT2D eigenvalue weighted by Gasteiger charge is -2.18. The molecule has 0 saturated carbocycles. The van der Waals surface area contributed by atoms with Crippen molar-refractivity contribution in [3.05, 3.63) is 60.1 Å². The molecule has 3 rings (SSSR count). The first-order valence-electron chi connectivity index (χ1n) is 8.02. The molecule has 0 bridgehead atoms. The van der Waals surface area contributed by atoms with E-state index in [0.717, 1.165) is 42.3 Å². The second-order valence-corrected chi connectivity index (χ2v) is 6.91. The van der Waals surface area contributed by atoms with Gasteiger partial charge in [0.05, 0.1) is 18.6 Å². The van der Waals surface area contributed by atoms with Gasteiger partial charge in [0, 0.05) is 24.9 Å². The third-order valence-electron chi connectivity index (χ3n) is 4.05. The van der Waals surface area contributed by atoms with Crippen LogP contribution in [0.5, 0.6) is 5.75 Å². The summed E-state index contributed by atoms with van der Waals surface area (Å²) in [6.07, 6.45) is 6.13. The van der Waals surface area contributed by atoms with Gasteiger partial charge in [0.1, 0.15) is 11.5 Å². The van der Waals surface area contributed by atoms with E-state index < -0.39 is 0 Å². The number of hydrogen-bond acceptors (Lipinski definition) is 4. The van der Waals surface area contributed by atoms with Crippen LogP contribution in [0.25, 0.3) is 6.08 Å². The standard InChI is InChI=1S/C19H21NO3S/c1-22-16-7-4-15(5-8-16)6-9-19(21)20-11-10-18(24-14-12-20)17-3-2-13-23-17/h2-9,13,18H,10-12,14H2,1H3/b9-6+. The monoisotopic (exact) mass is 343 g/mol. The summed E-state index contributed by atoms with van der Waals surface area (Å²) < 4.78 is 10.6. The molecule has 1 aromatic heterocycles. The van der Waals surface area contributed by atoms with Crippen LogP contribution in [0, 0.1) is 0 Å². The number of amides is 1. The van der Waals surface area contributed by atoms with E-state index in [1.54, 1.807) is 19.4 Å². The number of carbonyl (C=O) groups excluding carboxylic acids is 1. The molecule has 4 nitrogen and oxygen atoms in total. The zero-order valence-electron chi connectivity index (χ0n) is 13.7. The van der Waals surface area contributed by atoms with Crippen LogP contribution in [0.2, 0.25) is 0 Å². The van der Waals surface area contributed by atoms with Gasteiger partial charge in [-0.2, -0.15) is 0 Å². The van der Waals surface area contributed by atoms with E-state index in [9.17, 15) is 4.79 Å². The van der Waals surface area contributed by atoms with E-state index in [2.05, 4.69) is 0 Å². The molecule has 1 aromatic carbocycles. The number of hydrogen-bond donors (Lipinski definition) is 0. The van der Waals surface area contributed by atoms with Crippen LogP contribution < -0.4 is 4.74 Å². The highest BCUT2D eigenvalue weighted by molar-refractivity contribution is 7.99. The highest BCUT2D eigenvalue weighted by Gasteiger charge is 2.22. The zero-order chi connectivity index (χ0) is 16.8. The average molecular weight is 343 g/mol. The molecular weight excluding hydrogens is 322 g/mol. The predicted molar refractivity (Wildman–Crippen MR) is 97.1 cm³/mol. The maximum atomic E-state index is 12.4. The van der Waals surface area contributed by atoms with Gasteiger partial charge in [-0.25, -0.2) is 0 Å². The van der Waals surface area contributed by atoms with E-state index in [0.29, 0.717) is 5.25 Å². The summed E-state index contributed by atoms with van der Waals surface area (Å²) in [7, 11) is 1.64. The van der Waals surface area contributed by atoms with Crippen molar-refractivity contribution in [2.45, 2.75) is 11.7 Å². The van der Waals surface area contributed by atoms with Gasteiger partial charge in [-0.05, 0) is 42.3 Å². The Morgan fingerprint density at radius 3 is 2.83 bits per heavy atom. The third kappa shape index (κ3) is 4.23. The lowest BCUT2D eigenvalue weighted by molar-refractivity contribution is -0.125. The van der Waals surface area contributed by atoms with Crippen LogP contribution in [0.15, 0.2) is 53.2 Å². The number of methoxy groups -OCH3 is 1. The molecule has 2 heterocycles. The van der Waals surface area contributed by atoms with Crippen LogP contribution in [0.4, 0.5) is 0 Å². The van der Waals surface area contributed by atoms with Gasteiger partial charge >= 0.3 is 0 Å². The number of furan rings is 1. The summed E-state index contributed by atoms with van der Waals surface area (Å²) in [5.74, 6) is 2.80. The normalized spacial score (nSPS) is 18.5. The highest BCUT2D eigenvalue weighted by atomic mass is 32.2.